The maximum absolute atomic E-state index is 13.5. The fraction of sp³-hybridized carbons (Fsp3) is 0.464. The van der Waals surface area contributed by atoms with Crippen LogP contribution < -0.4 is 21.7 Å². The number of H-pyrrole nitrogens is 2. The van der Waals surface area contributed by atoms with E-state index in [0.717, 1.165) is 16.5 Å². The Balaban J connectivity index is 1.85. The van der Waals surface area contributed by atoms with Crippen LogP contribution in [0.25, 0.3) is 10.9 Å². The number of hydrogen-bond donors (Lipinski definition) is 7. The molecule has 0 aliphatic heterocycles. The number of nitrogens with one attached hydrogen (secondary N) is 5. The highest BCUT2D eigenvalue weighted by atomic mass is 16.4. The number of para-hydroxylation sites is 1. The summed E-state index contributed by atoms with van der Waals surface area (Å²) in [6.07, 6.45) is 5.42. The molecule has 0 bridgehead atoms. The second kappa shape index (κ2) is 13.7. The van der Waals surface area contributed by atoms with Crippen molar-refractivity contribution in [3.63, 3.8) is 0 Å². The molecule has 0 aliphatic carbocycles. The van der Waals surface area contributed by atoms with E-state index in [1.807, 2.05) is 38.1 Å². The number of aromatic amines is 2. The van der Waals surface area contributed by atoms with Gasteiger partial charge < -0.3 is 36.8 Å². The highest BCUT2D eigenvalue weighted by Gasteiger charge is 2.33. The number of rotatable bonds is 14. The van der Waals surface area contributed by atoms with Crippen LogP contribution >= 0.6 is 0 Å². The molecule has 40 heavy (non-hydrogen) atoms. The van der Waals surface area contributed by atoms with Crippen molar-refractivity contribution in [2.24, 2.45) is 17.6 Å². The minimum Gasteiger partial charge on any atom is -0.480 e. The molecule has 12 nitrogen and oxygen atoms in total. The highest BCUT2D eigenvalue weighted by molar-refractivity contribution is 5.95. The van der Waals surface area contributed by atoms with Gasteiger partial charge in [-0.3, -0.25) is 14.4 Å². The van der Waals surface area contributed by atoms with Crippen molar-refractivity contribution in [2.45, 2.75) is 71.1 Å². The molecular formula is C28H39N7O5. The Morgan fingerprint density at radius 3 is 2.27 bits per heavy atom. The lowest BCUT2D eigenvalue weighted by Crippen LogP contribution is -2.59. The van der Waals surface area contributed by atoms with Gasteiger partial charge in [0.1, 0.15) is 18.1 Å². The van der Waals surface area contributed by atoms with Gasteiger partial charge in [0.05, 0.1) is 12.4 Å². The number of benzene rings is 1. The number of carbonyl (C=O) groups excluding carboxylic acids is 3. The number of nitrogens with two attached hydrogens (primary N) is 1. The van der Waals surface area contributed by atoms with E-state index in [9.17, 15) is 24.3 Å². The number of carboxylic acid groups (broad SMARTS) is 1. The van der Waals surface area contributed by atoms with Gasteiger partial charge in [0.25, 0.3) is 0 Å². The van der Waals surface area contributed by atoms with Crippen molar-refractivity contribution in [2.75, 3.05) is 0 Å². The van der Waals surface area contributed by atoms with Crippen molar-refractivity contribution < 1.29 is 24.3 Å². The second-order valence-corrected chi connectivity index (χ2v) is 10.4. The maximum atomic E-state index is 13.5. The van der Waals surface area contributed by atoms with Crippen LogP contribution in [-0.4, -0.2) is 67.9 Å². The first-order valence-electron chi connectivity index (χ1n) is 13.4. The van der Waals surface area contributed by atoms with Crippen LogP contribution in [0, 0.1) is 11.8 Å². The molecule has 0 radical (unpaired) electrons. The zero-order chi connectivity index (χ0) is 29.4. The van der Waals surface area contributed by atoms with E-state index < -0.39 is 47.9 Å². The lowest BCUT2D eigenvalue weighted by molar-refractivity contribution is -0.142. The molecule has 0 spiro atoms. The molecule has 216 valence electrons. The third-order valence-electron chi connectivity index (χ3n) is 7.13. The average Bonchev–Trinajstić information content (AvgIpc) is 3.59. The van der Waals surface area contributed by atoms with Gasteiger partial charge in [-0.1, -0.05) is 52.3 Å². The Morgan fingerprint density at radius 1 is 0.950 bits per heavy atom. The first kappa shape index (κ1) is 30.4. The molecule has 5 unspecified atom stereocenters. The first-order valence-corrected chi connectivity index (χ1v) is 13.4. The smallest absolute Gasteiger partial charge is 0.326 e. The van der Waals surface area contributed by atoms with Crippen LogP contribution in [-0.2, 0) is 32.0 Å². The lowest BCUT2D eigenvalue weighted by atomic mass is 9.97. The van der Waals surface area contributed by atoms with E-state index in [-0.39, 0.29) is 24.7 Å². The minimum absolute atomic E-state index is 0.0208. The minimum atomic E-state index is -1.26. The molecule has 0 fully saturated rings. The molecule has 0 saturated carbocycles. The normalized spacial score (nSPS) is 15.2. The quantitative estimate of drug-likeness (QED) is 0.156. The summed E-state index contributed by atoms with van der Waals surface area (Å²) in [6, 6.07) is 3.39. The fourth-order valence-electron chi connectivity index (χ4n) is 4.38. The van der Waals surface area contributed by atoms with Gasteiger partial charge in [-0.2, -0.15) is 0 Å². The topological polar surface area (TPSA) is 195 Å². The predicted molar refractivity (Wildman–Crippen MR) is 150 cm³/mol. The summed E-state index contributed by atoms with van der Waals surface area (Å²) in [6.45, 7) is 7.34. The summed E-state index contributed by atoms with van der Waals surface area (Å²) in [4.78, 5) is 61.6. The van der Waals surface area contributed by atoms with Crippen molar-refractivity contribution in [3.05, 3.63) is 54.2 Å². The van der Waals surface area contributed by atoms with Crippen molar-refractivity contribution in [1.29, 1.82) is 0 Å². The van der Waals surface area contributed by atoms with Gasteiger partial charge in [-0.05, 0) is 23.5 Å². The Kier molecular flexibility index (Phi) is 10.4. The van der Waals surface area contributed by atoms with Gasteiger partial charge in [-0.15, -0.1) is 0 Å². The van der Waals surface area contributed by atoms with Crippen molar-refractivity contribution >= 4 is 34.6 Å². The van der Waals surface area contributed by atoms with Crippen LogP contribution in [0.15, 0.2) is 43.0 Å². The Bertz CT molecular complexity index is 1300. The zero-order valence-corrected chi connectivity index (χ0v) is 23.2. The van der Waals surface area contributed by atoms with Crippen LogP contribution in [0.2, 0.25) is 0 Å². The summed E-state index contributed by atoms with van der Waals surface area (Å²) >= 11 is 0. The third kappa shape index (κ3) is 7.69. The molecule has 0 aliphatic rings. The molecule has 3 rings (SSSR count). The molecule has 2 aromatic heterocycles. The van der Waals surface area contributed by atoms with E-state index >= 15 is 0 Å². The molecule has 5 atom stereocenters. The van der Waals surface area contributed by atoms with Crippen LogP contribution in [0.1, 0.15) is 45.4 Å². The highest BCUT2D eigenvalue weighted by Crippen LogP contribution is 2.19. The Morgan fingerprint density at radius 2 is 1.65 bits per heavy atom. The van der Waals surface area contributed by atoms with E-state index in [2.05, 4.69) is 30.9 Å². The van der Waals surface area contributed by atoms with E-state index in [4.69, 9.17) is 5.73 Å². The number of aliphatic carboxylic acids is 1. The van der Waals surface area contributed by atoms with Crippen LogP contribution in [0.5, 0.6) is 0 Å². The van der Waals surface area contributed by atoms with E-state index in [1.165, 1.54) is 12.5 Å². The molecule has 12 heteroatoms. The number of aromatic nitrogens is 3. The summed E-state index contributed by atoms with van der Waals surface area (Å²) in [5.74, 6) is -3.32. The standard InChI is InChI=1S/C28H39N7O5/c1-5-16(4)23(29)26(37)35-24(15(2)3)27(38)33-21(10-17-12-31-20-9-7-6-8-19(17)20)25(36)34-22(28(39)40)11-18-13-30-14-32-18/h6-9,12-16,21-24,31H,5,10-11,29H2,1-4H3,(H,30,32)(H,33,38)(H,34,36)(H,35,37)(H,39,40). The average molecular weight is 554 g/mol. The summed E-state index contributed by atoms with van der Waals surface area (Å²) in [7, 11) is 0. The van der Waals surface area contributed by atoms with Gasteiger partial charge in [0.2, 0.25) is 17.7 Å². The monoisotopic (exact) mass is 553 g/mol. The van der Waals surface area contributed by atoms with Crippen molar-refractivity contribution in [1.82, 2.24) is 30.9 Å². The second-order valence-electron chi connectivity index (χ2n) is 10.4. The molecule has 3 amide bonds. The molecule has 3 aromatic rings. The number of carbonyl (C=O) groups is 4. The van der Waals surface area contributed by atoms with E-state index in [0.29, 0.717) is 12.1 Å². The Labute approximate surface area is 232 Å². The number of carboxylic acids is 1. The number of hydrogen-bond acceptors (Lipinski definition) is 6. The van der Waals surface area contributed by atoms with Gasteiger partial charge >= 0.3 is 5.97 Å². The summed E-state index contributed by atoms with van der Waals surface area (Å²) in [5, 5.41) is 18.7. The summed E-state index contributed by atoms with van der Waals surface area (Å²) < 4.78 is 0. The fourth-order valence-corrected chi connectivity index (χ4v) is 4.38. The first-order chi connectivity index (χ1) is 19.0. The number of fused-ring (bicyclic) bond motifs is 1. The summed E-state index contributed by atoms with van der Waals surface area (Å²) in [5.41, 5.74) is 8.23. The molecule has 0 saturated heterocycles. The van der Waals surface area contributed by atoms with Crippen LogP contribution in [0.3, 0.4) is 0 Å². The van der Waals surface area contributed by atoms with Gasteiger partial charge in [-0.25, -0.2) is 9.78 Å². The number of imidazole rings is 1. The molecule has 2 heterocycles. The number of amides is 3. The maximum Gasteiger partial charge on any atom is 0.326 e. The predicted octanol–water partition coefficient (Wildman–Crippen LogP) is 1.24. The van der Waals surface area contributed by atoms with E-state index in [1.54, 1.807) is 20.0 Å². The lowest BCUT2D eigenvalue weighted by Gasteiger charge is -2.28. The zero-order valence-electron chi connectivity index (χ0n) is 23.2. The Hall–Kier alpha value is -4.19. The molecule has 1 aromatic carbocycles. The largest absolute Gasteiger partial charge is 0.480 e. The third-order valence-corrected chi connectivity index (χ3v) is 7.13. The molecular weight excluding hydrogens is 514 g/mol. The SMILES string of the molecule is CCC(C)C(N)C(=O)NC(C(=O)NC(Cc1c[nH]c2ccccc12)C(=O)NC(Cc1cnc[nH]1)C(=O)O)C(C)C. The van der Waals surface area contributed by atoms with Gasteiger partial charge in [0, 0.05) is 41.8 Å². The van der Waals surface area contributed by atoms with Gasteiger partial charge in [0.15, 0.2) is 0 Å². The molecule has 8 N–H and O–H groups in total. The van der Waals surface area contributed by atoms with Crippen molar-refractivity contribution in [3.8, 4) is 0 Å². The number of nitrogens with zero attached hydrogens (tertiary/aromatic N) is 1. The van der Waals surface area contributed by atoms with Crippen LogP contribution in [0.4, 0.5) is 0 Å².